The lowest BCUT2D eigenvalue weighted by molar-refractivity contribution is -0.122. The first-order chi connectivity index (χ1) is 8.00. The Morgan fingerprint density at radius 3 is 2.53 bits per heavy atom. The van der Waals surface area contributed by atoms with E-state index in [1.807, 2.05) is 0 Å². The standard InChI is InChI=1S/C10H20N4O3/c1-14(2)10(17)12-4-3-11-9(16)8-5-7(15)6-13-8/h7-8,13,15H,3-6H2,1-2H3,(H,11,16)(H,12,17). The van der Waals surface area contributed by atoms with Crippen LogP contribution in [0.15, 0.2) is 0 Å². The van der Waals surface area contributed by atoms with E-state index in [0.29, 0.717) is 26.1 Å². The third-order valence-corrected chi connectivity index (χ3v) is 2.53. The highest BCUT2D eigenvalue weighted by molar-refractivity contribution is 5.82. The number of rotatable bonds is 4. The van der Waals surface area contributed by atoms with E-state index in [4.69, 9.17) is 0 Å². The molecule has 7 nitrogen and oxygen atoms in total. The van der Waals surface area contributed by atoms with Gasteiger partial charge < -0.3 is 26.0 Å². The fourth-order valence-corrected chi connectivity index (χ4v) is 1.55. The number of hydrogen-bond donors (Lipinski definition) is 4. The summed E-state index contributed by atoms with van der Waals surface area (Å²) in [5, 5.41) is 17.5. The molecule has 0 spiro atoms. The number of aliphatic hydroxyl groups excluding tert-OH is 1. The van der Waals surface area contributed by atoms with Crippen molar-refractivity contribution in [3.05, 3.63) is 0 Å². The quantitative estimate of drug-likeness (QED) is 0.434. The molecule has 1 saturated heterocycles. The van der Waals surface area contributed by atoms with Crippen LogP contribution in [0.5, 0.6) is 0 Å². The predicted molar refractivity (Wildman–Crippen MR) is 62.5 cm³/mol. The highest BCUT2D eigenvalue weighted by Crippen LogP contribution is 2.05. The Kier molecular flexibility index (Phi) is 5.17. The summed E-state index contributed by atoms with van der Waals surface area (Å²) in [7, 11) is 3.30. The summed E-state index contributed by atoms with van der Waals surface area (Å²) < 4.78 is 0. The Hall–Kier alpha value is -1.34. The summed E-state index contributed by atoms with van der Waals surface area (Å²) in [6.45, 7) is 1.22. The maximum Gasteiger partial charge on any atom is 0.316 e. The second-order valence-corrected chi connectivity index (χ2v) is 4.27. The van der Waals surface area contributed by atoms with Crippen molar-refractivity contribution in [2.24, 2.45) is 0 Å². The second-order valence-electron chi connectivity index (χ2n) is 4.27. The van der Waals surface area contributed by atoms with E-state index in [1.54, 1.807) is 14.1 Å². The minimum Gasteiger partial charge on any atom is -0.392 e. The van der Waals surface area contributed by atoms with Gasteiger partial charge in [-0.15, -0.1) is 0 Å². The first-order valence-corrected chi connectivity index (χ1v) is 5.65. The molecular formula is C10H20N4O3. The van der Waals surface area contributed by atoms with Crippen molar-refractivity contribution in [3.63, 3.8) is 0 Å². The lowest BCUT2D eigenvalue weighted by Crippen LogP contribution is -2.44. The molecule has 0 aromatic rings. The van der Waals surface area contributed by atoms with Gasteiger partial charge in [0.25, 0.3) is 0 Å². The van der Waals surface area contributed by atoms with Crippen LogP contribution in [-0.2, 0) is 4.79 Å². The lowest BCUT2D eigenvalue weighted by atomic mass is 10.2. The van der Waals surface area contributed by atoms with E-state index in [9.17, 15) is 14.7 Å². The summed E-state index contributed by atoms with van der Waals surface area (Å²) in [6, 6.07) is -0.511. The van der Waals surface area contributed by atoms with Gasteiger partial charge in [-0.3, -0.25) is 4.79 Å². The minimum atomic E-state index is -0.445. The molecule has 0 aliphatic carbocycles. The van der Waals surface area contributed by atoms with Crippen LogP contribution in [0.3, 0.4) is 0 Å². The van der Waals surface area contributed by atoms with Gasteiger partial charge >= 0.3 is 6.03 Å². The highest BCUT2D eigenvalue weighted by Gasteiger charge is 2.27. The molecule has 1 rings (SSSR count). The van der Waals surface area contributed by atoms with Crippen LogP contribution < -0.4 is 16.0 Å². The first kappa shape index (κ1) is 13.7. The smallest absolute Gasteiger partial charge is 0.316 e. The molecule has 1 aliphatic rings. The molecule has 0 aromatic heterocycles. The van der Waals surface area contributed by atoms with Crippen molar-refractivity contribution in [2.45, 2.75) is 18.6 Å². The molecule has 0 radical (unpaired) electrons. The molecule has 0 saturated carbocycles. The van der Waals surface area contributed by atoms with Gasteiger partial charge in [0.05, 0.1) is 12.1 Å². The average Bonchev–Trinajstić information content (AvgIpc) is 2.70. The Morgan fingerprint density at radius 1 is 1.35 bits per heavy atom. The van der Waals surface area contributed by atoms with Crippen molar-refractivity contribution in [1.82, 2.24) is 20.9 Å². The predicted octanol–water partition coefficient (Wildman–Crippen LogP) is -1.90. The highest BCUT2D eigenvalue weighted by atomic mass is 16.3. The Morgan fingerprint density at radius 2 is 2.00 bits per heavy atom. The molecule has 4 N–H and O–H groups in total. The summed E-state index contributed by atoms with van der Waals surface area (Å²) >= 11 is 0. The summed E-state index contributed by atoms with van der Waals surface area (Å²) in [6.07, 6.45) is -0.00482. The molecule has 0 bridgehead atoms. The minimum absolute atomic E-state index is 0.138. The largest absolute Gasteiger partial charge is 0.392 e. The number of aliphatic hydroxyl groups is 1. The van der Waals surface area contributed by atoms with Crippen LogP contribution in [-0.4, -0.2) is 67.8 Å². The van der Waals surface area contributed by atoms with Crippen LogP contribution in [0.4, 0.5) is 4.79 Å². The molecule has 1 heterocycles. The fraction of sp³-hybridized carbons (Fsp3) is 0.800. The average molecular weight is 244 g/mol. The maximum atomic E-state index is 11.6. The Balaban J connectivity index is 2.10. The normalized spacial score (nSPS) is 23.2. The van der Waals surface area contributed by atoms with Crippen molar-refractivity contribution < 1.29 is 14.7 Å². The number of nitrogens with zero attached hydrogens (tertiary/aromatic N) is 1. The Labute approximate surface area is 101 Å². The summed E-state index contributed by atoms with van der Waals surface area (Å²) in [5.74, 6) is -0.138. The Bertz CT molecular complexity index is 283. The van der Waals surface area contributed by atoms with Crippen LogP contribution >= 0.6 is 0 Å². The van der Waals surface area contributed by atoms with E-state index in [2.05, 4.69) is 16.0 Å². The van der Waals surface area contributed by atoms with Gasteiger partial charge in [-0.1, -0.05) is 0 Å². The molecule has 1 fully saturated rings. The van der Waals surface area contributed by atoms with E-state index in [0.717, 1.165) is 0 Å². The van der Waals surface area contributed by atoms with E-state index in [-0.39, 0.29) is 18.0 Å². The third-order valence-electron chi connectivity index (χ3n) is 2.53. The van der Waals surface area contributed by atoms with Gasteiger partial charge in [0.2, 0.25) is 5.91 Å². The van der Waals surface area contributed by atoms with E-state index >= 15 is 0 Å². The number of urea groups is 1. The number of carbonyl (C=O) groups excluding carboxylic acids is 2. The lowest BCUT2D eigenvalue weighted by Gasteiger charge is -2.13. The molecule has 1 aliphatic heterocycles. The van der Waals surface area contributed by atoms with Gasteiger partial charge in [-0.05, 0) is 6.42 Å². The molecule has 2 unspecified atom stereocenters. The zero-order valence-electron chi connectivity index (χ0n) is 10.2. The number of β-amino-alcohol motifs (C(OH)–C–C–N with tert-alkyl or cyclic N) is 1. The fourth-order valence-electron chi connectivity index (χ4n) is 1.55. The van der Waals surface area contributed by atoms with Crippen LogP contribution in [0.2, 0.25) is 0 Å². The second kappa shape index (κ2) is 6.41. The van der Waals surface area contributed by atoms with Crippen LogP contribution in [0.1, 0.15) is 6.42 Å². The summed E-state index contributed by atoms with van der Waals surface area (Å²) in [4.78, 5) is 24.1. The third kappa shape index (κ3) is 4.58. The van der Waals surface area contributed by atoms with Gasteiger partial charge in [0.15, 0.2) is 0 Å². The van der Waals surface area contributed by atoms with Crippen molar-refractivity contribution >= 4 is 11.9 Å². The van der Waals surface area contributed by atoms with Gasteiger partial charge in [0, 0.05) is 33.7 Å². The van der Waals surface area contributed by atoms with Crippen molar-refractivity contribution in [1.29, 1.82) is 0 Å². The maximum absolute atomic E-state index is 11.6. The van der Waals surface area contributed by atoms with Gasteiger partial charge in [-0.2, -0.15) is 0 Å². The molecule has 7 heteroatoms. The number of hydrogen-bond acceptors (Lipinski definition) is 4. The SMILES string of the molecule is CN(C)C(=O)NCCNC(=O)C1CC(O)CN1. The van der Waals surface area contributed by atoms with Crippen LogP contribution in [0.25, 0.3) is 0 Å². The van der Waals surface area contributed by atoms with Crippen LogP contribution in [0, 0.1) is 0 Å². The molecular weight excluding hydrogens is 224 g/mol. The first-order valence-electron chi connectivity index (χ1n) is 5.65. The molecule has 17 heavy (non-hydrogen) atoms. The van der Waals surface area contributed by atoms with Gasteiger partial charge in [0.1, 0.15) is 0 Å². The molecule has 0 aromatic carbocycles. The van der Waals surface area contributed by atoms with E-state index in [1.165, 1.54) is 4.90 Å². The van der Waals surface area contributed by atoms with E-state index < -0.39 is 6.10 Å². The zero-order valence-corrected chi connectivity index (χ0v) is 10.2. The molecule has 2 atom stereocenters. The van der Waals surface area contributed by atoms with Crippen molar-refractivity contribution in [2.75, 3.05) is 33.7 Å². The summed E-state index contributed by atoms with van der Waals surface area (Å²) in [5.41, 5.74) is 0. The number of amides is 3. The topological polar surface area (TPSA) is 93.7 Å². The van der Waals surface area contributed by atoms with Crippen molar-refractivity contribution in [3.8, 4) is 0 Å². The molecule has 3 amide bonds. The molecule has 98 valence electrons. The van der Waals surface area contributed by atoms with Gasteiger partial charge in [-0.25, -0.2) is 4.79 Å². The monoisotopic (exact) mass is 244 g/mol. The zero-order chi connectivity index (χ0) is 12.8. The number of nitrogens with one attached hydrogen (secondary N) is 3. The number of carbonyl (C=O) groups is 2.